The molecule has 1 amide bonds. The molecule has 29 heavy (non-hydrogen) atoms. The smallest absolute Gasteiger partial charge is 0.229 e. The fourth-order valence-electron chi connectivity index (χ4n) is 3.65. The predicted molar refractivity (Wildman–Crippen MR) is 106 cm³/mol. The van der Waals surface area contributed by atoms with Gasteiger partial charge in [0.15, 0.2) is 11.7 Å². The molecule has 5 rings (SSSR count). The molecule has 5 heterocycles. The highest BCUT2D eigenvalue weighted by atomic mass is 16.4. The third-order valence-corrected chi connectivity index (χ3v) is 5.11. The number of hydrogen-bond acceptors (Lipinski definition) is 6. The number of nitrogens with zero attached hydrogens (tertiary/aromatic N) is 6. The van der Waals surface area contributed by atoms with Gasteiger partial charge in [-0.25, -0.2) is 15.0 Å². The Hall–Kier alpha value is -3.55. The fraction of sp³-hybridized carbons (Fsp3) is 0.286. The van der Waals surface area contributed by atoms with E-state index in [4.69, 9.17) is 4.42 Å². The average Bonchev–Trinajstić information content (AvgIpc) is 3.31. The van der Waals surface area contributed by atoms with E-state index in [0.717, 1.165) is 29.0 Å². The van der Waals surface area contributed by atoms with Crippen molar-refractivity contribution in [2.75, 3.05) is 6.54 Å². The minimum Gasteiger partial charge on any atom is -0.439 e. The van der Waals surface area contributed by atoms with E-state index in [0.29, 0.717) is 36.1 Å². The molecule has 0 radical (unpaired) electrons. The molecule has 4 aromatic heterocycles. The first-order chi connectivity index (χ1) is 14.0. The highest BCUT2D eigenvalue weighted by Crippen LogP contribution is 2.22. The molecular formula is C21H20N6O2. The summed E-state index contributed by atoms with van der Waals surface area (Å²) in [6, 6.07) is 5.70. The van der Waals surface area contributed by atoms with Gasteiger partial charge in [-0.3, -0.25) is 9.78 Å². The van der Waals surface area contributed by atoms with Crippen molar-refractivity contribution in [2.45, 2.75) is 33.4 Å². The maximum atomic E-state index is 12.8. The molecule has 0 bridgehead atoms. The van der Waals surface area contributed by atoms with Crippen LogP contribution < -0.4 is 0 Å². The number of imidazole rings is 1. The Kier molecular flexibility index (Phi) is 4.12. The first-order valence-electron chi connectivity index (χ1n) is 9.54. The number of pyridine rings is 2. The zero-order valence-corrected chi connectivity index (χ0v) is 16.3. The van der Waals surface area contributed by atoms with E-state index in [-0.39, 0.29) is 12.3 Å². The Morgan fingerprint density at radius 2 is 2.03 bits per heavy atom. The Bertz CT molecular complexity index is 1230. The van der Waals surface area contributed by atoms with Crippen molar-refractivity contribution in [1.29, 1.82) is 0 Å². The van der Waals surface area contributed by atoms with E-state index in [2.05, 4.69) is 24.5 Å². The van der Waals surface area contributed by atoms with Gasteiger partial charge >= 0.3 is 0 Å². The van der Waals surface area contributed by atoms with Gasteiger partial charge in [-0.05, 0) is 25.1 Å². The van der Waals surface area contributed by atoms with Crippen LogP contribution in [0.2, 0.25) is 0 Å². The quantitative estimate of drug-likeness (QED) is 0.536. The molecule has 8 heteroatoms. The van der Waals surface area contributed by atoms with E-state index in [1.165, 1.54) is 0 Å². The van der Waals surface area contributed by atoms with Crippen LogP contribution in [0.25, 0.3) is 22.4 Å². The monoisotopic (exact) mass is 388 g/mol. The average molecular weight is 388 g/mol. The molecule has 8 nitrogen and oxygen atoms in total. The van der Waals surface area contributed by atoms with Crippen LogP contribution in [0.15, 0.2) is 41.2 Å². The van der Waals surface area contributed by atoms with Crippen molar-refractivity contribution >= 4 is 16.8 Å². The lowest BCUT2D eigenvalue weighted by molar-refractivity contribution is -0.132. The van der Waals surface area contributed by atoms with Crippen molar-refractivity contribution in [3.8, 4) is 11.5 Å². The van der Waals surface area contributed by atoms with Gasteiger partial charge in [-0.15, -0.1) is 0 Å². The Morgan fingerprint density at radius 1 is 1.14 bits per heavy atom. The Labute approximate surface area is 167 Å². The molecule has 1 aliphatic heterocycles. The molecule has 0 unspecified atom stereocenters. The minimum absolute atomic E-state index is 0.0470. The number of aryl methyl sites for hydroxylation is 2. The van der Waals surface area contributed by atoms with Crippen LogP contribution in [0.4, 0.5) is 0 Å². The molecule has 0 aromatic carbocycles. The third-order valence-electron chi connectivity index (χ3n) is 5.11. The zero-order valence-electron chi connectivity index (χ0n) is 16.3. The van der Waals surface area contributed by atoms with Gasteiger partial charge in [0.25, 0.3) is 0 Å². The summed E-state index contributed by atoms with van der Waals surface area (Å²) in [6.07, 6.45) is 5.69. The van der Waals surface area contributed by atoms with Gasteiger partial charge in [0, 0.05) is 37.8 Å². The lowest BCUT2D eigenvalue weighted by Gasteiger charge is -2.27. The third kappa shape index (κ3) is 3.37. The Morgan fingerprint density at radius 3 is 2.86 bits per heavy atom. The zero-order chi connectivity index (χ0) is 20.0. The predicted octanol–water partition coefficient (Wildman–Crippen LogP) is 2.68. The normalized spacial score (nSPS) is 13.7. The number of carbonyl (C=O) groups is 1. The van der Waals surface area contributed by atoms with E-state index in [1.54, 1.807) is 19.3 Å². The van der Waals surface area contributed by atoms with Crippen molar-refractivity contribution in [2.24, 2.45) is 0 Å². The number of amides is 1. The summed E-state index contributed by atoms with van der Waals surface area (Å²) < 4.78 is 7.68. The van der Waals surface area contributed by atoms with Crippen molar-refractivity contribution < 1.29 is 9.21 Å². The van der Waals surface area contributed by atoms with E-state index >= 15 is 0 Å². The van der Waals surface area contributed by atoms with Gasteiger partial charge in [0.1, 0.15) is 11.5 Å². The van der Waals surface area contributed by atoms with Gasteiger partial charge < -0.3 is 13.9 Å². The van der Waals surface area contributed by atoms with Crippen LogP contribution >= 0.6 is 0 Å². The standard InChI is InChI=1S/C21H20N6O2/c1-13-11-26-5-6-27(12-20(26)24-13)21(28)8-16-7-18-15(9-23-16)3-4-17(25-18)19-10-22-14(2)29-19/h3-4,7,9-11H,5-6,8,12H2,1-2H3. The number of hydrogen-bond donors (Lipinski definition) is 0. The van der Waals surface area contributed by atoms with Crippen LogP contribution in [0.1, 0.15) is 23.1 Å². The van der Waals surface area contributed by atoms with Gasteiger partial charge in [0.2, 0.25) is 5.91 Å². The van der Waals surface area contributed by atoms with Gasteiger partial charge in [-0.2, -0.15) is 0 Å². The molecule has 0 saturated heterocycles. The summed E-state index contributed by atoms with van der Waals surface area (Å²) in [5, 5.41) is 0.914. The van der Waals surface area contributed by atoms with Crippen molar-refractivity contribution in [1.82, 2.24) is 29.4 Å². The molecular weight excluding hydrogens is 368 g/mol. The van der Waals surface area contributed by atoms with Crippen LogP contribution in [0.5, 0.6) is 0 Å². The molecule has 4 aromatic rings. The number of oxazole rings is 1. The molecule has 0 atom stereocenters. The maximum absolute atomic E-state index is 12.8. The number of aromatic nitrogens is 5. The number of fused-ring (bicyclic) bond motifs is 2. The maximum Gasteiger partial charge on any atom is 0.229 e. The molecule has 146 valence electrons. The second-order valence-corrected chi connectivity index (χ2v) is 7.29. The first-order valence-corrected chi connectivity index (χ1v) is 9.54. The van der Waals surface area contributed by atoms with Crippen molar-refractivity contribution in [3.63, 3.8) is 0 Å². The van der Waals surface area contributed by atoms with E-state index in [9.17, 15) is 4.79 Å². The second kappa shape index (κ2) is 6.80. The number of rotatable bonds is 3. The van der Waals surface area contributed by atoms with Gasteiger partial charge in [0.05, 0.1) is 36.1 Å². The summed E-state index contributed by atoms with van der Waals surface area (Å²) >= 11 is 0. The van der Waals surface area contributed by atoms with E-state index < -0.39 is 0 Å². The first kappa shape index (κ1) is 17.5. The topological polar surface area (TPSA) is 89.9 Å². The highest BCUT2D eigenvalue weighted by molar-refractivity contribution is 5.83. The minimum atomic E-state index is 0.0470. The van der Waals surface area contributed by atoms with Crippen LogP contribution in [-0.2, 0) is 24.3 Å². The second-order valence-electron chi connectivity index (χ2n) is 7.29. The van der Waals surface area contributed by atoms with E-state index in [1.807, 2.05) is 36.2 Å². The fourth-order valence-corrected chi connectivity index (χ4v) is 3.65. The summed E-state index contributed by atoms with van der Waals surface area (Å²) in [6.45, 7) is 5.76. The SMILES string of the molecule is Cc1cn2c(n1)CN(C(=O)Cc1cc3nc(-c4cnc(C)o4)ccc3cn1)CC2. The van der Waals surface area contributed by atoms with Crippen molar-refractivity contribution in [3.05, 3.63) is 59.9 Å². The van der Waals surface area contributed by atoms with Crippen LogP contribution in [-0.4, -0.2) is 41.9 Å². The summed E-state index contributed by atoms with van der Waals surface area (Å²) in [7, 11) is 0. The highest BCUT2D eigenvalue weighted by Gasteiger charge is 2.22. The number of carbonyl (C=O) groups excluding carboxylic acids is 1. The lowest BCUT2D eigenvalue weighted by atomic mass is 10.1. The largest absolute Gasteiger partial charge is 0.439 e. The summed E-state index contributed by atoms with van der Waals surface area (Å²) in [4.78, 5) is 32.4. The molecule has 0 spiro atoms. The Balaban J connectivity index is 1.36. The molecule has 0 fully saturated rings. The molecule has 0 aliphatic carbocycles. The summed E-state index contributed by atoms with van der Waals surface area (Å²) in [5.41, 5.74) is 3.17. The summed E-state index contributed by atoms with van der Waals surface area (Å²) in [5.74, 6) is 2.20. The van der Waals surface area contributed by atoms with Gasteiger partial charge in [-0.1, -0.05) is 0 Å². The van der Waals surface area contributed by atoms with Crippen LogP contribution in [0.3, 0.4) is 0 Å². The van der Waals surface area contributed by atoms with Crippen LogP contribution in [0, 0.1) is 13.8 Å². The molecule has 1 aliphatic rings. The lowest BCUT2D eigenvalue weighted by Crippen LogP contribution is -2.39. The molecule has 0 saturated carbocycles. The molecule has 0 N–H and O–H groups in total.